The van der Waals surface area contributed by atoms with Crippen molar-refractivity contribution in [2.75, 3.05) is 0 Å². The Bertz CT molecular complexity index is 303. The molecule has 0 saturated heterocycles. The van der Waals surface area contributed by atoms with Gasteiger partial charge >= 0.3 is 0 Å². The molecule has 0 rings (SSSR count). The Kier molecular flexibility index (Phi) is 10.8. The number of carbonyl (C=O) groups excluding carboxylic acids is 1. The summed E-state index contributed by atoms with van der Waals surface area (Å²) in [6.07, 6.45) is 6.80. The first kappa shape index (κ1) is 17.0. The van der Waals surface area contributed by atoms with E-state index in [-0.39, 0.29) is 5.78 Å². The molecule has 0 spiro atoms. The zero-order valence-electron chi connectivity index (χ0n) is 11.3. The van der Waals surface area contributed by atoms with Gasteiger partial charge in [0.2, 0.25) is 0 Å². The van der Waals surface area contributed by atoms with Crippen molar-refractivity contribution in [3.8, 4) is 0 Å². The van der Waals surface area contributed by atoms with Crippen LogP contribution in [-0.4, -0.2) is 5.78 Å². The van der Waals surface area contributed by atoms with Crippen molar-refractivity contribution >= 4 is 5.78 Å². The first-order valence-corrected chi connectivity index (χ1v) is 5.73. The second-order valence-corrected chi connectivity index (χ2v) is 3.33. The molecule has 0 heterocycles. The van der Waals surface area contributed by atoms with Crippen molar-refractivity contribution in [3.63, 3.8) is 0 Å². The Morgan fingerprint density at radius 1 is 1.19 bits per heavy atom. The monoisotopic (exact) mass is 220 g/mol. The predicted octanol–water partition coefficient (Wildman–Crippen LogP) is 4.63. The molecule has 0 N–H and O–H groups in total. The van der Waals surface area contributed by atoms with Crippen molar-refractivity contribution in [1.82, 2.24) is 0 Å². The Labute approximate surface area is 100 Å². The van der Waals surface area contributed by atoms with Gasteiger partial charge in [0.1, 0.15) is 0 Å². The van der Waals surface area contributed by atoms with Crippen molar-refractivity contribution < 1.29 is 4.79 Å². The van der Waals surface area contributed by atoms with E-state index in [1.54, 1.807) is 13.0 Å². The number of rotatable bonds is 5. The normalized spacial score (nSPS) is 10.7. The van der Waals surface area contributed by atoms with Crippen LogP contribution in [0.3, 0.4) is 0 Å². The van der Waals surface area contributed by atoms with Crippen molar-refractivity contribution in [2.24, 2.45) is 0 Å². The minimum absolute atomic E-state index is 0.0748. The van der Waals surface area contributed by atoms with Crippen LogP contribution in [0.25, 0.3) is 0 Å². The summed E-state index contributed by atoms with van der Waals surface area (Å²) in [6.45, 7) is 17.0. The molecule has 0 amide bonds. The van der Waals surface area contributed by atoms with Gasteiger partial charge in [0, 0.05) is 5.57 Å². The molecule has 0 aromatic heterocycles. The molecule has 0 radical (unpaired) electrons. The fourth-order valence-corrected chi connectivity index (χ4v) is 0.966. The maximum atomic E-state index is 11.4. The zero-order valence-corrected chi connectivity index (χ0v) is 11.3. The van der Waals surface area contributed by atoms with E-state index in [1.807, 2.05) is 32.9 Å². The summed E-state index contributed by atoms with van der Waals surface area (Å²) in [5, 5.41) is 0. The highest BCUT2D eigenvalue weighted by Gasteiger charge is 2.04. The fourth-order valence-electron chi connectivity index (χ4n) is 0.966. The molecule has 1 nitrogen and oxygen atoms in total. The van der Waals surface area contributed by atoms with Crippen LogP contribution in [0.4, 0.5) is 0 Å². The third-order valence-corrected chi connectivity index (χ3v) is 1.70. The number of hydrogen-bond donors (Lipinski definition) is 0. The molecule has 0 aliphatic carbocycles. The molecule has 0 aliphatic heterocycles. The zero-order chi connectivity index (χ0) is 13.1. The Morgan fingerprint density at radius 2 is 1.69 bits per heavy atom. The number of carbonyl (C=O) groups is 1. The molecule has 90 valence electrons. The molecular weight excluding hydrogens is 196 g/mol. The van der Waals surface area contributed by atoms with Gasteiger partial charge in [-0.15, -0.1) is 0 Å². The molecule has 0 aliphatic rings. The highest BCUT2D eigenvalue weighted by molar-refractivity contribution is 6.08. The van der Waals surface area contributed by atoms with Crippen LogP contribution in [-0.2, 0) is 4.79 Å². The van der Waals surface area contributed by atoms with Gasteiger partial charge in [-0.05, 0) is 31.9 Å². The lowest BCUT2D eigenvalue weighted by molar-refractivity contribution is -0.111. The highest BCUT2D eigenvalue weighted by Crippen LogP contribution is 2.07. The predicted molar refractivity (Wildman–Crippen MR) is 73.5 cm³/mol. The first-order chi connectivity index (χ1) is 7.49. The van der Waals surface area contributed by atoms with Gasteiger partial charge in [0.05, 0.1) is 0 Å². The van der Waals surface area contributed by atoms with Crippen LogP contribution in [0.15, 0.2) is 48.1 Å². The van der Waals surface area contributed by atoms with E-state index in [4.69, 9.17) is 0 Å². The molecule has 0 aromatic carbocycles. The first-order valence-electron chi connectivity index (χ1n) is 5.73. The average molecular weight is 220 g/mol. The minimum atomic E-state index is -0.0748. The summed E-state index contributed by atoms with van der Waals surface area (Å²) < 4.78 is 0. The Balaban J connectivity index is 0. The van der Waals surface area contributed by atoms with Crippen LogP contribution in [0, 0.1) is 0 Å². The van der Waals surface area contributed by atoms with Crippen LogP contribution in [0.5, 0.6) is 0 Å². The van der Waals surface area contributed by atoms with Gasteiger partial charge in [-0.2, -0.15) is 0 Å². The van der Waals surface area contributed by atoms with E-state index < -0.39 is 0 Å². The van der Waals surface area contributed by atoms with Crippen molar-refractivity contribution in [3.05, 3.63) is 48.1 Å². The van der Waals surface area contributed by atoms with E-state index in [9.17, 15) is 4.79 Å². The summed E-state index contributed by atoms with van der Waals surface area (Å²) >= 11 is 0. The second-order valence-electron chi connectivity index (χ2n) is 3.33. The third kappa shape index (κ3) is 7.98. The molecule has 1 heteroatoms. The van der Waals surface area contributed by atoms with Crippen LogP contribution >= 0.6 is 0 Å². The topological polar surface area (TPSA) is 17.1 Å². The molecule has 0 fully saturated rings. The minimum Gasteiger partial charge on any atom is -0.289 e. The molecule has 0 aromatic rings. The molecule has 16 heavy (non-hydrogen) atoms. The second kappa shape index (κ2) is 10.2. The molecule has 0 unspecified atom stereocenters. The summed E-state index contributed by atoms with van der Waals surface area (Å²) in [6, 6.07) is 0. The van der Waals surface area contributed by atoms with Crippen molar-refractivity contribution in [1.29, 1.82) is 0 Å². The van der Waals surface area contributed by atoms with Crippen LogP contribution in [0.2, 0.25) is 0 Å². The van der Waals surface area contributed by atoms with Gasteiger partial charge in [-0.1, -0.05) is 51.7 Å². The van der Waals surface area contributed by atoms with Gasteiger partial charge in [0.15, 0.2) is 5.78 Å². The van der Waals surface area contributed by atoms with Gasteiger partial charge in [0.25, 0.3) is 0 Å². The summed E-state index contributed by atoms with van der Waals surface area (Å²) in [5.74, 6) is -0.0748. The van der Waals surface area contributed by atoms with E-state index in [1.165, 1.54) is 0 Å². The SMILES string of the molecule is C=C(C)C(=O)C(=C)/C=C(C)\C=C/CC.CC. The molecular formula is C15H24O. The Morgan fingerprint density at radius 3 is 2.06 bits per heavy atom. The lowest BCUT2D eigenvalue weighted by Gasteiger charge is -1.99. The van der Waals surface area contributed by atoms with Gasteiger partial charge in [-0.3, -0.25) is 4.79 Å². The van der Waals surface area contributed by atoms with Crippen LogP contribution < -0.4 is 0 Å². The van der Waals surface area contributed by atoms with Gasteiger partial charge < -0.3 is 0 Å². The van der Waals surface area contributed by atoms with E-state index in [2.05, 4.69) is 20.1 Å². The standard InChI is InChI=1S/C13H18O.C2H6/c1-6-7-8-11(4)9-12(5)13(14)10(2)3;1-2/h7-9H,2,5-6H2,1,3-4H3;1-2H3/b8-7-,11-9-;. The maximum Gasteiger partial charge on any atom is 0.187 e. The van der Waals surface area contributed by atoms with E-state index in [0.717, 1.165) is 12.0 Å². The van der Waals surface area contributed by atoms with Crippen LogP contribution in [0.1, 0.15) is 41.0 Å². The quantitative estimate of drug-likeness (QED) is 0.488. The molecule has 0 atom stereocenters. The molecule has 0 bridgehead atoms. The number of ketones is 1. The summed E-state index contributed by atoms with van der Waals surface area (Å²) in [5.41, 5.74) is 2.06. The maximum absolute atomic E-state index is 11.4. The largest absolute Gasteiger partial charge is 0.289 e. The lowest BCUT2D eigenvalue weighted by atomic mass is 10.1. The smallest absolute Gasteiger partial charge is 0.187 e. The van der Waals surface area contributed by atoms with Gasteiger partial charge in [-0.25, -0.2) is 0 Å². The van der Waals surface area contributed by atoms with E-state index >= 15 is 0 Å². The summed E-state index contributed by atoms with van der Waals surface area (Å²) in [7, 11) is 0. The number of allylic oxidation sites excluding steroid dienone is 6. The van der Waals surface area contributed by atoms with E-state index in [0.29, 0.717) is 11.1 Å². The third-order valence-electron chi connectivity index (χ3n) is 1.70. The Hall–Kier alpha value is -1.37. The fraction of sp³-hybridized carbons (Fsp3) is 0.400. The number of Topliss-reactive ketones (excluding diaryl/α,β-unsaturated/α-hetero) is 1. The highest BCUT2D eigenvalue weighted by atomic mass is 16.1. The average Bonchev–Trinajstić information content (AvgIpc) is 2.27. The summed E-state index contributed by atoms with van der Waals surface area (Å²) in [4.78, 5) is 11.4. The van der Waals surface area contributed by atoms with Crippen molar-refractivity contribution in [2.45, 2.75) is 41.0 Å². The number of hydrogen-bond acceptors (Lipinski definition) is 1. The lowest BCUT2D eigenvalue weighted by Crippen LogP contribution is -1.99. The molecule has 0 saturated carbocycles.